The smallest absolute Gasteiger partial charge is 0.264 e. The summed E-state index contributed by atoms with van der Waals surface area (Å²) in [6.07, 6.45) is 0.263. The molecule has 41 heavy (non-hydrogen) atoms. The van der Waals surface area contributed by atoms with Gasteiger partial charge >= 0.3 is 0 Å². The van der Waals surface area contributed by atoms with Crippen LogP contribution in [0.4, 0.5) is 10.1 Å². The molecule has 0 aliphatic heterocycles. The van der Waals surface area contributed by atoms with Crippen molar-refractivity contribution in [3.05, 3.63) is 93.7 Å². The second-order valence-corrected chi connectivity index (χ2v) is 12.8. The molecule has 3 rings (SSSR count). The van der Waals surface area contributed by atoms with Crippen LogP contribution in [-0.2, 0) is 26.2 Å². The van der Waals surface area contributed by atoms with Gasteiger partial charge < -0.3 is 10.2 Å². The fourth-order valence-corrected chi connectivity index (χ4v) is 6.02. The van der Waals surface area contributed by atoms with E-state index in [1.807, 2.05) is 20.8 Å². The number of anilines is 1. The summed E-state index contributed by atoms with van der Waals surface area (Å²) in [7, 11) is -4.30. The Labute approximate surface area is 251 Å². The zero-order valence-corrected chi connectivity index (χ0v) is 25.7. The van der Waals surface area contributed by atoms with E-state index in [9.17, 15) is 22.4 Å². The van der Waals surface area contributed by atoms with Crippen molar-refractivity contribution in [3.8, 4) is 0 Å². The van der Waals surface area contributed by atoms with Gasteiger partial charge in [-0.25, -0.2) is 12.8 Å². The van der Waals surface area contributed by atoms with Gasteiger partial charge in [-0.1, -0.05) is 73.8 Å². The zero-order chi connectivity index (χ0) is 30.3. The van der Waals surface area contributed by atoms with Crippen LogP contribution in [0.25, 0.3) is 0 Å². The highest BCUT2D eigenvalue weighted by atomic mass is 35.5. The van der Waals surface area contributed by atoms with Gasteiger partial charge in [0.05, 0.1) is 15.6 Å². The Balaban J connectivity index is 2.08. The number of hydrogen-bond acceptors (Lipinski definition) is 4. The molecule has 0 fully saturated rings. The second-order valence-electron chi connectivity index (χ2n) is 10.1. The Hall–Kier alpha value is -3.14. The van der Waals surface area contributed by atoms with Gasteiger partial charge in [0.15, 0.2) is 0 Å². The molecule has 220 valence electrons. The molecule has 3 aromatic carbocycles. The van der Waals surface area contributed by atoms with Gasteiger partial charge in [0.1, 0.15) is 18.4 Å². The van der Waals surface area contributed by atoms with Crippen LogP contribution in [0.15, 0.2) is 71.6 Å². The lowest BCUT2D eigenvalue weighted by atomic mass is 10.1. The summed E-state index contributed by atoms with van der Waals surface area (Å²) < 4.78 is 42.4. The average Bonchev–Trinajstić information content (AvgIpc) is 2.93. The van der Waals surface area contributed by atoms with Gasteiger partial charge in [-0.2, -0.15) is 0 Å². The fraction of sp³-hybridized carbons (Fsp3) is 0.333. The number of carbonyl (C=O) groups is 2. The first kappa shape index (κ1) is 32.4. The van der Waals surface area contributed by atoms with Crippen molar-refractivity contribution in [3.63, 3.8) is 0 Å². The van der Waals surface area contributed by atoms with E-state index in [-0.39, 0.29) is 45.4 Å². The van der Waals surface area contributed by atoms with Crippen LogP contribution in [0.1, 0.15) is 38.3 Å². The summed E-state index contributed by atoms with van der Waals surface area (Å²) in [4.78, 5) is 28.6. The van der Waals surface area contributed by atoms with Gasteiger partial charge in [-0.15, -0.1) is 0 Å². The zero-order valence-electron chi connectivity index (χ0n) is 23.4. The Kier molecular flexibility index (Phi) is 11.2. The molecule has 1 atom stereocenters. The minimum Gasteiger partial charge on any atom is -0.354 e. The molecular formula is C30H34Cl2FN3O4S. The van der Waals surface area contributed by atoms with Crippen molar-refractivity contribution in [2.24, 2.45) is 5.92 Å². The molecule has 0 aromatic heterocycles. The first-order chi connectivity index (χ1) is 19.3. The minimum atomic E-state index is -4.30. The first-order valence-electron chi connectivity index (χ1n) is 13.2. The predicted octanol–water partition coefficient (Wildman–Crippen LogP) is 6.22. The highest BCUT2D eigenvalue weighted by Gasteiger charge is 2.34. The minimum absolute atomic E-state index is 0.0205. The Morgan fingerprint density at radius 2 is 1.61 bits per heavy atom. The van der Waals surface area contributed by atoms with Crippen molar-refractivity contribution < 1.29 is 22.4 Å². The SMILES string of the molecule is CCC(C(=O)NCC(C)C)N(Cc1ccc(F)cc1)C(=O)CN(c1cc(Cl)ccc1Cl)S(=O)(=O)c1ccc(C)cc1. The topological polar surface area (TPSA) is 86.8 Å². The fourth-order valence-electron chi connectivity index (χ4n) is 4.16. The number of carbonyl (C=O) groups excluding carboxylic acids is 2. The lowest BCUT2D eigenvalue weighted by Crippen LogP contribution is -2.52. The van der Waals surface area contributed by atoms with E-state index in [2.05, 4.69) is 5.32 Å². The summed E-state index contributed by atoms with van der Waals surface area (Å²) in [5, 5.41) is 3.16. The molecule has 0 saturated carbocycles. The van der Waals surface area contributed by atoms with E-state index in [4.69, 9.17) is 23.2 Å². The van der Waals surface area contributed by atoms with Gasteiger partial charge in [0.25, 0.3) is 10.0 Å². The number of aryl methyl sites for hydroxylation is 1. The number of rotatable bonds is 12. The van der Waals surface area contributed by atoms with E-state index in [1.165, 1.54) is 59.5 Å². The molecule has 11 heteroatoms. The molecule has 2 amide bonds. The van der Waals surface area contributed by atoms with Crippen LogP contribution in [0.5, 0.6) is 0 Å². The predicted molar refractivity (Wildman–Crippen MR) is 161 cm³/mol. The number of halogens is 3. The molecule has 1 N–H and O–H groups in total. The summed E-state index contributed by atoms with van der Waals surface area (Å²) in [6, 6.07) is 15.2. The number of nitrogens with one attached hydrogen (secondary N) is 1. The lowest BCUT2D eigenvalue weighted by molar-refractivity contribution is -0.140. The van der Waals surface area contributed by atoms with Crippen LogP contribution >= 0.6 is 23.2 Å². The third kappa shape index (κ3) is 8.44. The van der Waals surface area contributed by atoms with Gasteiger partial charge in [-0.3, -0.25) is 13.9 Å². The van der Waals surface area contributed by atoms with Gasteiger partial charge in [0.2, 0.25) is 11.8 Å². The Bertz CT molecular complexity index is 1470. The quantitative estimate of drug-likeness (QED) is 0.260. The normalized spacial score (nSPS) is 12.2. The number of amides is 2. The summed E-state index contributed by atoms with van der Waals surface area (Å²) in [5.41, 5.74) is 1.45. The molecule has 7 nitrogen and oxygen atoms in total. The van der Waals surface area contributed by atoms with E-state index >= 15 is 0 Å². The van der Waals surface area contributed by atoms with Gasteiger partial charge in [-0.05, 0) is 67.3 Å². The maximum absolute atomic E-state index is 14.1. The molecule has 0 heterocycles. The van der Waals surface area contributed by atoms with Crippen molar-refractivity contribution in [2.75, 3.05) is 17.4 Å². The molecule has 0 saturated heterocycles. The summed E-state index contributed by atoms with van der Waals surface area (Å²) in [6.45, 7) is 7.18. The van der Waals surface area contributed by atoms with Crippen LogP contribution < -0.4 is 9.62 Å². The van der Waals surface area contributed by atoms with E-state index in [1.54, 1.807) is 19.1 Å². The number of hydrogen-bond donors (Lipinski definition) is 1. The van der Waals surface area contributed by atoms with E-state index < -0.39 is 34.3 Å². The highest BCUT2D eigenvalue weighted by molar-refractivity contribution is 7.92. The van der Waals surface area contributed by atoms with Crippen molar-refractivity contribution >= 4 is 50.7 Å². The molecule has 0 aliphatic rings. The third-order valence-corrected chi connectivity index (χ3v) is 8.73. The van der Waals surface area contributed by atoms with Crippen molar-refractivity contribution in [2.45, 2.75) is 51.6 Å². The van der Waals surface area contributed by atoms with Crippen LogP contribution in [0.2, 0.25) is 10.0 Å². The summed E-state index contributed by atoms with van der Waals surface area (Å²) in [5.74, 6) is -1.28. The Morgan fingerprint density at radius 1 is 0.976 bits per heavy atom. The van der Waals surface area contributed by atoms with E-state index in [0.717, 1.165) is 9.87 Å². The highest BCUT2D eigenvalue weighted by Crippen LogP contribution is 2.33. The molecule has 0 aliphatic carbocycles. The van der Waals surface area contributed by atoms with Crippen LogP contribution in [0, 0.1) is 18.7 Å². The molecule has 0 spiro atoms. The second kappa shape index (κ2) is 14.2. The maximum Gasteiger partial charge on any atom is 0.264 e. The average molecular weight is 623 g/mol. The van der Waals surface area contributed by atoms with Crippen LogP contribution in [0.3, 0.4) is 0 Å². The van der Waals surface area contributed by atoms with Crippen molar-refractivity contribution in [1.82, 2.24) is 10.2 Å². The third-order valence-electron chi connectivity index (χ3n) is 6.40. The first-order valence-corrected chi connectivity index (χ1v) is 15.4. The maximum atomic E-state index is 14.1. The molecule has 0 radical (unpaired) electrons. The van der Waals surface area contributed by atoms with Crippen molar-refractivity contribution in [1.29, 1.82) is 0 Å². The number of nitrogens with zero attached hydrogens (tertiary/aromatic N) is 2. The molecule has 0 bridgehead atoms. The number of sulfonamides is 1. The standard InChI is InChI=1S/C30H34Cl2FN3O4S/c1-5-27(30(38)34-17-20(2)3)35(18-22-8-11-24(33)12-9-22)29(37)19-36(28-16-23(31)10-15-26(28)32)41(39,40)25-13-6-21(4)7-14-25/h6-16,20,27H,5,17-19H2,1-4H3,(H,34,38). The lowest BCUT2D eigenvalue weighted by Gasteiger charge is -2.33. The largest absolute Gasteiger partial charge is 0.354 e. The molecule has 3 aromatic rings. The summed E-state index contributed by atoms with van der Waals surface area (Å²) >= 11 is 12.7. The Morgan fingerprint density at radius 3 is 2.20 bits per heavy atom. The molecule has 1 unspecified atom stereocenters. The van der Waals surface area contributed by atoms with Gasteiger partial charge in [0, 0.05) is 18.1 Å². The molecular weight excluding hydrogens is 588 g/mol. The van der Waals surface area contributed by atoms with Crippen LogP contribution in [-0.4, -0.2) is 44.3 Å². The number of benzene rings is 3. The van der Waals surface area contributed by atoms with E-state index in [0.29, 0.717) is 12.1 Å². The monoisotopic (exact) mass is 621 g/mol.